The smallest absolute Gasteiger partial charge is 0.251 e. The van der Waals surface area contributed by atoms with Gasteiger partial charge in [-0.05, 0) is 69.6 Å². The number of hydrogen-bond acceptors (Lipinski definition) is 5. The van der Waals surface area contributed by atoms with Gasteiger partial charge in [-0.25, -0.2) is 0 Å². The number of carbonyl (C=O) groups is 1. The van der Waals surface area contributed by atoms with E-state index in [1.165, 1.54) is 5.56 Å². The molecule has 1 amide bonds. The Morgan fingerprint density at radius 1 is 1.10 bits per heavy atom. The molecule has 0 radical (unpaired) electrons. The molecule has 0 atom stereocenters. The van der Waals surface area contributed by atoms with E-state index in [0.29, 0.717) is 27.7 Å². The lowest BCUT2D eigenvalue weighted by Gasteiger charge is -2.32. The number of nitrogens with zero attached hydrogens (tertiary/aromatic N) is 1. The second-order valence-electron chi connectivity index (χ2n) is 8.33. The van der Waals surface area contributed by atoms with Gasteiger partial charge in [0.05, 0.1) is 5.39 Å². The predicted octanol–water partition coefficient (Wildman–Crippen LogP) is 3.85. The van der Waals surface area contributed by atoms with Gasteiger partial charge < -0.3 is 14.8 Å². The van der Waals surface area contributed by atoms with Crippen LogP contribution in [0.5, 0.6) is 5.75 Å². The molecule has 1 aliphatic heterocycles. The fourth-order valence-corrected chi connectivity index (χ4v) is 4.40. The van der Waals surface area contributed by atoms with Crippen LogP contribution >= 0.6 is 0 Å². The van der Waals surface area contributed by atoms with E-state index in [4.69, 9.17) is 4.42 Å². The Morgan fingerprint density at radius 2 is 1.77 bits per heavy atom. The van der Waals surface area contributed by atoms with Gasteiger partial charge in [0, 0.05) is 36.2 Å². The summed E-state index contributed by atoms with van der Waals surface area (Å²) in [5, 5.41) is 13.2. The Bertz CT molecular complexity index is 1170. The van der Waals surface area contributed by atoms with Gasteiger partial charge in [-0.1, -0.05) is 12.1 Å². The number of aromatic hydroxyl groups is 1. The Morgan fingerprint density at radius 3 is 2.42 bits per heavy atom. The van der Waals surface area contributed by atoms with Gasteiger partial charge in [0.25, 0.3) is 5.91 Å². The number of hydrogen-bond donors (Lipinski definition) is 2. The van der Waals surface area contributed by atoms with Gasteiger partial charge in [0.1, 0.15) is 17.1 Å². The third-order valence-corrected chi connectivity index (χ3v) is 6.35. The van der Waals surface area contributed by atoms with Gasteiger partial charge in [0.15, 0.2) is 5.43 Å². The number of phenolic OH excluding ortho intramolecular Hbond substituents is 1. The first-order valence-corrected chi connectivity index (χ1v) is 10.7. The molecular formula is C25H28N2O4. The first-order chi connectivity index (χ1) is 14.9. The average molecular weight is 421 g/mol. The Balaban J connectivity index is 1.48. The standard InChI is InChI=1S/C25H28N2O4/c1-15-21(28)9-8-20-22(29)16(2)23(31-24(15)20)18-10-12-27(13-11-18)14-17-4-6-19(7-5-17)25(30)26-3/h4-9,18,28H,10-14H2,1-3H3,(H,26,30). The maximum Gasteiger partial charge on any atom is 0.251 e. The Kier molecular flexibility index (Phi) is 5.83. The summed E-state index contributed by atoms with van der Waals surface area (Å²) in [6, 6.07) is 10.9. The fourth-order valence-electron chi connectivity index (χ4n) is 4.40. The first-order valence-electron chi connectivity index (χ1n) is 10.7. The van der Waals surface area contributed by atoms with E-state index in [1.54, 1.807) is 26.1 Å². The summed E-state index contributed by atoms with van der Waals surface area (Å²) < 4.78 is 6.21. The largest absolute Gasteiger partial charge is 0.508 e. The van der Waals surface area contributed by atoms with Crippen molar-refractivity contribution in [3.05, 3.63) is 74.6 Å². The molecule has 1 aliphatic rings. The zero-order valence-corrected chi connectivity index (χ0v) is 18.2. The van der Waals surface area contributed by atoms with Crippen molar-refractivity contribution in [2.75, 3.05) is 20.1 Å². The molecule has 0 bridgehead atoms. The van der Waals surface area contributed by atoms with Crippen LogP contribution in [0.15, 0.2) is 45.6 Å². The van der Waals surface area contributed by atoms with Crippen molar-refractivity contribution < 1.29 is 14.3 Å². The third kappa shape index (κ3) is 4.08. The molecule has 4 rings (SSSR count). The lowest BCUT2D eigenvalue weighted by molar-refractivity contribution is 0.0963. The van der Waals surface area contributed by atoms with Gasteiger partial charge >= 0.3 is 0 Å². The Labute approximate surface area is 181 Å². The van der Waals surface area contributed by atoms with E-state index >= 15 is 0 Å². The number of nitrogens with one attached hydrogen (secondary N) is 1. The first kappa shape index (κ1) is 21.1. The Hall–Kier alpha value is -3.12. The zero-order chi connectivity index (χ0) is 22.1. The van der Waals surface area contributed by atoms with E-state index in [-0.39, 0.29) is 23.0 Å². The van der Waals surface area contributed by atoms with Crippen LogP contribution in [0, 0.1) is 13.8 Å². The van der Waals surface area contributed by atoms with Crippen LogP contribution in [0.3, 0.4) is 0 Å². The van der Waals surface area contributed by atoms with Crippen molar-refractivity contribution in [2.45, 2.75) is 39.2 Å². The summed E-state index contributed by atoms with van der Waals surface area (Å²) >= 11 is 0. The highest BCUT2D eigenvalue weighted by Crippen LogP contribution is 2.34. The van der Waals surface area contributed by atoms with Crippen LogP contribution in [0.25, 0.3) is 11.0 Å². The summed E-state index contributed by atoms with van der Waals surface area (Å²) in [6.45, 7) is 6.25. The van der Waals surface area contributed by atoms with Crippen molar-refractivity contribution in [1.29, 1.82) is 0 Å². The van der Waals surface area contributed by atoms with Crippen LogP contribution in [0.1, 0.15) is 51.6 Å². The number of fused-ring (bicyclic) bond motifs is 1. The highest BCUT2D eigenvalue weighted by Gasteiger charge is 2.26. The normalized spacial score (nSPS) is 15.3. The summed E-state index contributed by atoms with van der Waals surface area (Å²) in [5.41, 5.74) is 3.58. The van der Waals surface area contributed by atoms with Crippen LogP contribution in [0.4, 0.5) is 0 Å². The predicted molar refractivity (Wildman–Crippen MR) is 121 cm³/mol. The van der Waals surface area contributed by atoms with Gasteiger partial charge in [-0.3, -0.25) is 14.5 Å². The van der Waals surface area contributed by atoms with E-state index in [0.717, 1.165) is 38.2 Å². The number of carbonyl (C=O) groups excluding carboxylic acids is 1. The molecule has 0 aliphatic carbocycles. The lowest BCUT2D eigenvalue weighted by atomic mass is 9.91. The molecular weight excluding hydrogens is 392 g/mol. The van der Waals surface area contributed by atoms with Crippen molar-refractivity contribution in [3.63, 3.8) is 0 Å². The van der Waals surface area contributed by atoms with Crippen LogP contribution in [-0.4, -0.2) is 36.1 Å². The third-order valence-electron chi connectivity index (χ3n) is 6.35. The average Bonchev–Trinajstić information content (AvgIpc) is 2.79. The SMILES string of the molecule is CNC(=O)c1ccc(CN2CCC(c3oc4c(C)c(O)ccc4c(=O)c3C)CC2)cc1. The van der Waals surface area contributed by atoms with Crippen LogP contribution < -0.4 is 10.7 Å². The topological polar surface area (TPSA) is 82.8 Å². The minimum Gasteiger partial charge on any atom is -0.508 e. The number of amides is 1. The maximum absolute atomic E-state index is 12.9. The molecule has 3 aromatic rings. The second-order valence-corrected chi connectivity index (χ2v) is 8.33. The molecule has 0 unspecified atom stereocenters. The van der Waals surface area contributed by atoms with E-state index < -0.39 is 0 Å². The van der Waals surface area contributed by atoms with E-state index in [9.17, 15) is 14.7 Å². The van der Waals surface area contributed by atoms with Gasteiger partial charge in [0.2, 0.25) is 0 Å². The molecule has 6 nitrogen and oxygen atoms in total. The summed E-state index contributed by atoms with van der Waals surface area (Å²) in [5.74, 6) is 0.998. The van der Waals surface area contributed by atoms with Gasteiger partial charge in [-0.2, -0.15) is 0 Å². The monoisotopic (exact) mass is 420 g/mol. The lowest BCUT2D eigenvalue weighted by Crippen LogP contribution is -2.33. The number of piperidine rings is 1. The summed E-state index contributed by atoms with van der Waals surface area (Å²) in [7, 11) is 1.63. The maximum atomic E-state index is 12.9. The zero-order valence-electron chi connectivity index (χ0n) is 18.2. The molecule has 2 heterocycles. The number of likely N-dealkylation sites (tertiary alicyclic amines) is 1. The quantitative estimate of drug-likeness (QED) is 0.670. The number of benzene rings is 2. The van der Waals surface area contributed by atoms with E-state index in [1.807, 2.05) is 31.2 Å². The number of aryl methyl sites for hydroxylation is 1. The van der Waals surface area contributed by atoms with Crippen molar-refractivity contribution in [3.8, 4) is 5.75 Å². The molecule has 1 saturated heterocycles. The van der Waals surface area contributed by atoms with Crippen molar-refractivity contribution >= 4 is 16.9 Å². The minimum absolute atomic E-state index is 0.0158. The molecule has 31 heavy (non-hydrogen) atoms. The van der Waals surface area contributed by atoms with E-state index in [2.05, 4.69) is 10.2 Å². The molecule has 0 spiro atoms. The van der Waals surface area contributed by atoms with Crippen LogP contribution in [-0.2, 0) is 6.54 Å². The second kappa shape index (κ2) is 8.55. The molecule has 1 fully saturated rings. The molecule has 2 N–H and O–H groups in total. The fraction of sp³-hybridized carbons (Fsp3) is 0.360. The minimum atomic E-state index is -0.0804. The number of phenols is 1. The summed E-state index contributed by atoms with van der Waals surface area (Å²) in [4.78, 5) is 27.0. The van der Waals surface area contributed by atoms with Crippen LogP contribution in [0.2, 0.25) is 0 Å². The molecule has 6 heteroatoms. The van der Waals surface area contributed by atoms with Crippen molar-refractivity contribution in [2.24, 2.45) is 0 Å². The molecule has 1 aromatic heterocycles. The number of rotatable bonds is 4. The molecule has 0 saturated carbocycles. The highest BCUT2D eigenvalue weighted by molar-refractivity contribution is 5.93. The highest BCUT2D eigenvalue weighted by atomic mass is 16.3. The van der Waals surface area contributed by atoms with Gasteiger partial charge in [-0.15, -0.1) is 0 Å². The molecule has 162 valence electrons. The van der Waals surface area contributed by atoms with Crippen molar-refractivity contribution in [1.82, 2.24) is 10.2 Å². The molecule has 2 aromatic carbocycles. The summed E-state index contributed by atoms with van der Waals surface area (Å²) in [6.07, 6.45) is 1.81.